The largest absolute Gasteiger partial charge is 0.370 e. The molecule has 8 heteroatoms. The number of unbranched alkanes of at least 4 members (excludes halogenated alkanes) is 1. The van der Waals surface area contributed by atoms with E-state index in [1.807, 2.05) is 45.9 Å². The zero-order chi connectivity index (χ0) is 20.6. The van der Waals surface area contributed by atoms with Gasteiger partial charge < -0.3 is 10.0 Å². The van der Waals surface area contributed by atoms with Crippen LogP contribution in [0.1, 0.15) is 62.7 Å². The molecule has 0 saturated carbocycles. The first-order valence-electron chi connectivity index (χ1n) is 9.53. The highest BCUT2D eigenvalue weighted by Crippen LogP contribution is 2.40. The summed E-state index contributed by atoms with van der Waals surface area (Å²) in [5, 5.41) is 21.5. The molecular formula is C20H27ClN4O2S. The van der Waals surface area contributed by atoms with Crippen LogP contribution in [0.4, 0.5) is 9.93 Å². The molecule has 1 aromatic carbocycles. The molecule has 0 unspecified atom stereocenters. The van der Waals surface area contributed by atoms with Crippen molar-refractivity contribution in [3.8, 4) is 0 Å². The Kier molecular flexibility index (Phi) is 5.98. The van der Waals surface area contributed by atoms with E-state index in [1.54, 1.807) is 4.90 Å². The Hall–Kier alpha value is -1.70. The number of aryl methyl sites for hydroxylation is 1. The number of amides is 2. The number of aliphatic hydroxyl groups excluding tert-OH is 1. The molecule has 3 rings (SSSR count). The standard InChI is InChI=1S/C20H27ClN4O2S/c1-6-7-10-24-15(13-8-9-14(21)12(2)11-13)16(26)25(19(24)27)18-23-22-17(28-18)20(3,4)5/h8-9,11,15-16,26H,6-7,10H2,1-5H3/t15-,16+/m0/s1. The molecule has 0 radical (unpaired) electrons. The van der Waals surface area contributed by atoms with Crippen LogP contribution in [0, 0.1) is 6.92 Å². The second kappa shape index (κ2) is 7.97. The van der Waals surface area contributed by atoms with Crippen molar-refractivity contribution in [1.29, 1.82) is 0 Å². The zero-order valence-electron chi connectivity index (χ0n) is 16.9. The predicted molar refractivity (Wildman–Crippen MR) is 113 cm³/mol. The minimum Gasteiger partial charge on any atom is -0.370 e. The van der Waals surface area contributed by atoms with E-state index >= 15 is 0 Å². The Morgan fingerprint density at radius 1 is 1.29 bits per heavy atom. The smallest absolute Gasteiger partial charge is 0.329 e. The highest BCUT2D eigenvalue weighted by Gasteiger charge is 2.47. The third-order valence-electron chi connectivity index (χ3n) is 4.87. The molecule has 1 saturated heterocycles. The number of anilines is 1. The summed E-state index contributed by atoms with van der Waals surface area (Å²) in [5.74, 6) is 0. The van der Waals surface area contributed by atoms with Gasteiger partial charge in [0.05, 0.1) is 0 Å². The summed E-state index contributed by atoms with van der Waals surface area (Å²) in [4.78, 5) is 16.3. The topological polar surface area (TPSA) is 69.6 Å². The quantitative estimate of drug-likeness (QED) is 0.743. The van der Waals surface area contributed by atoms with Gasteiger partial charge >= 0.3 is 6.03 Å². The van der Waals surface area contributed by atoms with Gasteiger partial charge in [0.25, 0.3) is 0 Å². The predicted octanol–water partition coefficient (Wildman–Crippen LogP) is 4.90. The third-order valence-corrected chi connectivity index (χ3v) is 6.64. The van der Waals surface area contributed by atoms with Crippen molar-refractivity contribution in [1.82, 2.24) is 15.1 Å². The maximum Gasteiger partial charge on any atom is 0.329 e. The van der Waals surface area contributed by atoms with Gasteiger partial charge in [0.15, 0.2) is 6.23 Å². The van der Waals surface area contributed by atoms with E-state index in [4.69, 9.17) is 11.6 Å². The van der Waals surface area contributed by atoms with Crippen molar-refractivity contribution in [2.45, 2.75) is 65.1 Å². The van der Waals surface area contributed by atoms with Crippen LogP contribution < -0.4 is 4.90 Å². The molecule has 0 spiro atoms. The second-order valence-corrected chi connectivity index (χ2v) is 9.57. The molecule has 0 bridgehead atoms. The normalized spacial score (nSPS) is 20.3. The van der Waals surface area contributed by atoms with E-state index in [9.17, 15) is 9.90 Å². The number of halogens is 1. The van der Waals surface area contributed by atoms with Crippen molar-refractivity contribution in [3.05, 3.63) is 39.4 Å². The highest BCUT2D eigenvalue weighted by atomic mass is 35.5. The Balaban J connectivity index is 2.00. The lowest BCUT2D eigenvalue weighted by Crippen LogP contribution is -2.35. The highest BCUT2D eigenvalue weighted by molar-refractivity contribution is 7.15. The minimum atomic E-state index is -1.04. The minimum absolute atomic E-state index is 0.168. The lowest BCUT2D eigenvalue weighted by Gasteiger charge is -2.25. The molecule has 1 aliphatic heterocycles. The van der Waals surface area contributed by atoms with Gasteiger partial charge in [0, 0.05) is 17.0 Å². The summed E-state index contributed by atoms with van der Waals surface area (Å²) >= 11 is 7.52. The number of hydrogen-bond donors (Lipinski definition) is 1. The lowest BCUT2D eigenvalue weighted by atomic mass is 9.98. The molecule has 2 atom stereocenters. The average Bonchev–Trinajstić information content (AvgIpc) is 3.19. The van der Waals surface area contributed by atoms with E-state index in [-0.39, 0.29) is 11.4 Å². The fourth-order valence-electron chi connectivity index (χ4n) is 3.25. The molecule has 2 heterocycles. The van der Waals surface area contributed by atoms with Gasteiger partial charge in [-0.1, -0.05) is 69.2 Å². The van der Waals surface area contributed by atoms with E-state index in [1.165, 1.54) is 16.2 Å². The Morgan fingerprint density at radius 2 is 2.00 bits per heavy atom. The van der Waals surface area contributed by atoms with Crippen LogP contribution in [0.5, 0.6) is 0 Å². The van der Waals surface area contributed by atoms with Crippen LogP contribution in [-0.2, 0) is 5.41 Å². The van der Waals surface area contributed by atoms with Crippen LogP contribution in [0.2, 0.25) is 5.02 Å². The van der Waals surface area contributed by atoms with Crippen LogP contribution >= 0.6 is 22.9 Å². The van der Waals surface area contributed by atoms with Crippen LogP contribution in [0.15, 0.2) is 18.2 Å². The van der Waals surface area contributed by atoms with Crippen molar-refractivity contribution in [3.63, 3.8) is 0 Å². The molecule has 2 aromatic rings. The van der Waals surface area contributed by atoms with Crippen LogP contribution in [-0.4, -0.2) is 39.0 Å². The SMILES string of the molecule is CCCCN1C(=O)N(c2nnc(C(C)(C)C)s2)[C@H](O)[C@@H]1c1ccc(Cl)c(C)c1. The van der Waals surface area contributed by atoms with Crippen LogP contribution in [0.25, 0.3) is 0 Å². The number of nitrogens with zero attached hydrogens (tertiary/aromatic N) is 4. The van der Waals surface area contributed by atoms with Gasteiger partial charge in [0.1, 0.15) is 11.0 Å². The van der Waals surface area contributed by atoms with Gasteiger partial charge in [-0.05, 0) is 30.5 Å². The van der Waals surface area contributed by atoms with E-state index in [0.29, 0.717) is 16.7 Å². The molecule has 6 nitrogen and oxygen atoms in total. The second-order valence-electron chi connectivity index (χ2n) is 8.21. The first kappa shape index (κ1) is 21.0. The van der Waals surface area contributed by atoms with Crippen molar-refractivity contribution >= 4 is 34.1 Å². The Bertz CT molecular complexity index is 864. The summed E-state index contributed by atoms with van der Waals surface area (Å²) in [6, 6.07) is 4.91. The Labute approximate surface area is 175 Å². The molecule has 2 amide bonds. The number of rotatable bonds is 5. The number of aliphatic hydroxyl groups is 1. The van der Waals surface area contributed by atoms with Gasteiger partial charge in [-0.25, -0.2) is 9.69 Å². The lowest BCUT2D eigenvalue weighted by molar-refractivity contribution is 0.118. The van der Waals surface area contributed by atoms with E-state index < -0.39 is 12.3 Å². The number of aromatic nitrogens is 2. The number of urea groups is 1. The summed E-state index contributed by atoms with van der Waals surface area (Å²) in [7, 11) is 0. The zero-order valence-corrected chi connectivity index (χ0v) is 18.5. The average molecular weight is 423 g/mol. The first-order chi connectivity index (χ1) is 13.1. The fraction of sp³-hybridized carbons (Fsp3) is 0.550. The van der Waals surface area contributed by atoms with Crippen molar-refractivity contribution < 1.29 is 9.90 Å². The summed E-state index contributed by atoms with van der Waals surface area (Å²) in [5.41, 5.74) is 1.61. The molecule has 1 N–H and O–H groups in total. The number of carbonyl (C=O) groups excluding carboxylic acids is 1. The maximum atomic E-state index is 13.2. The molecule has 1 aliphatic rings. The Morgan fingerprint density at radius 3 is 2.57 bits per heavy atom. The van der Waals surface area contributed by atoms with Gasteiger partial charge in [0.2, 0.25) is 5.13 Å². The number of carbonyl (C=O) groups is 1. The van der Waals surface area contributed by atoms with E-state index in [2.05, 4.69) is 17.1 Å². The summed E-state index contributed by atoms with van der Waals surface area (Å²) in [6.45, 7) is 10.7. The van der Waals surface area contributed by atoms with Gasteiger partial charge in [-0.15, -0.1) is 10.2 Å². The number of hydrogen-bond acceptors (Lipinski definition) is 5. The summed E-state index contributed by atoms with van der Waals surface area (Å²) in [6.07, 6.45) is 0.781. The van der Waals surface area contributed by atoms with E-state index in [0.717, 1.165) is 29.0 Å². The molecule has 1 fully saturated rings. The summed E-state index contributed by atoms with van der Waals surface area (Å²) < 4.78 is 0. The molecule has 1 aromatic heterocycles. The monoisotopic (exact) mass is 422 g/mol. The molecule has 28 heavy (non-hydrogen) atoms. The molecular weight excluding hydrogens is 396 g/mol. The van der Waals surface area contributed by atoms with Crippen LogP contribution in [0.3, 0.4) is 0 Å². The van der Waals surface area contributed by atoms with Gasteiger partial charge in [-0.3, -0.25) is 0 Å². The van der Waals surface area contributed by atoms with Crippen molar-refractivity contribution in [2.75, 3.05) is 11.4 Å². The third kappa shape index (κ3) is 3.88. The maximum absolute atomic E-state index is 13.2. The van der Waals surface area contributed by atoms with Gasteiger partial charge in [-0.2, -0.15) is 0 Å². The fourth-order valence-corrected chi connectivity index (χ4v) is 4.30. The molecule has 0 aliphatic carbocycles. The number of benzene rings is 1. The molecule has 152 valence electrons. The first-order valence-corrected chi connectivity index (χ1v) is 10.7. The van der Waals surface area contributed by atoms with Crippen molar-refractivity contribution in [2.24, 2.45) is 0 Å².